The Morgan fingerprint density at radius 2 is 0.717 bits per heavy atom. The summed E-state index contributed by atoms with van der Waals surface area (Å²) in [5.41, 5.74) is 8.81. The predicted molar refractivity (Wildman–Crippen MR) is 432 cm³/mol. The van der Waals surface area contributed by atoms with Crippen LogP contribution in [0.15, 0.2) is 50.8 Å². The molecule has 624 valence electrons. The van der Waals surface area contributed by atoms with E-state index < -0.39 is 47.1 Å². The normalized spacial score (nSPS) is 23.5. The topological polar surface area (TPSA) is 347 Å². The number of ether oxygens (including phenoxy) is 1. The summed E-state index contributed by atoms with van der Waals surface area (Å²) in [5.74, 6) is -3.57. The number of aliphatic hydroxyl groups is 6. The first-order valence-corrected chi connectivity index (χ1v) is 42.2. The smallest absolute Gasteiger partial charge is 0.343 e. The molecule has 28 heteroatoms. The summed E-state index contributed by atoms with van der Waals surface area (Å²) in [5, 5.41) is 68.2. The standard InChI is InChI=1S/2C31H32FN3O5.C30H30FN3O6/c2*1-4-31(40)19-11-23-27-18(13-35(23)29(38)17(19)8-10-24(31)36)26-22(34(3)30(39)28(37)15-5-6-15)9-7-16-14(2)20(32)12-21(33-27)25(16)26;1-4-30(39)18-9-22-25-16(11-34(22)27(36)17(18)12-40-29(30)38)24-21(33(3)28(37)26(35)14-5-6-14)8-7-15-13(2)19(31)10-20(32-25)23(15)24/h2*11-12,15,22,28,37,40H,4-10,13H2,1-3H3;9-10,14,21,26,35,39H,4-8,11-12H2,1-3H3/t22-,28?,31-;22-,28+,31-;21-,26-,30-/m000/s1. The van der Waals surface area contributed by atoms with E-state index in [0.29, 0.717) is 128 Å². The second-order valence-corrected chi connectivity index (χ2v) is 35.5. The van der Waals surface area contributed by atoms with Crippen LogP contribution in [0, 0.1) is 56.0 Å². The molecule has 4 aliphatic heterocycles. The fraction of sp³-hybridized carbons (Fsp3) is 0.478. The molecule has 6 N–H and O–H groups in total. The molecule has 3 fully saturated rings. The Morgan fingerprint density at radius 3 is 1.01 bits per heavy atom. The Bertz CT molecular complexity index is 5780. The van der Waals surface area contributed by atoms with Crippen molar-refractivity contribution in [1.29, 1.82) is 0 Å². The van der Waals surface area contributed by atoms with Crippen molar-refractivity contribution in [3.63, 3.8) is 0 Å². The summed E-state index contributed by atoms with van der Waals surface area (Å²) in [6.07, 6.45) is 6.14. The molecule has 8 aliphatic carbocycles. The molecule has 120 heavy (non-hydrogen) atoms. The van der Waals surface area contributed by atoms with Gasteiger partial charge in [-0.3, -0.25) is 38.4 Å². The average Bonchev–Trinajstić information content (AvgIpc) is 1.50. The number of carbonyl (C=O) groups is 6. The van der Waals surface area contributed by atoms with E-state index in [4.69, 9.17) is 19.7 Å². The number of aromatic nitrogens is 6. The van der Waals surface area contributed by atoms with Crippen LogP contribution in [0.3, 0.4) is 0 Å². The van der Waals surface area contributed by atoms with E-state index in [1.807, 2.05) is 0 Å². The van der Waals surface area contributed by atoms with Gasteiger partial charge >= 0.3 is 5.97 Å². The predicted octanol–water partition coefficient (Wildman–Crippen LogP) is 9.15. The molecule has 21 rings (SSSR count). The summed E-state index contributed by atoms with van der Waals surface area (Å²) >= 11 is 0. The number of amides is 3. The van der Waals surface area contributed by atoms with Crippen molar-refractivity contribution in [3.8, 4) is 34.2 Å². The molecule has 0 bridgehead atoms. The van der Waals surface area contributed by atoms with Crippen molar-refractivity contribution in [2.75, 3.05) is 21.1 Å². The second kappa shape index (κ2) is 28.0. The summed E-state index contributed by atoms with van der Waals surface area (Å²) in [6, 6.07) is 8.09. The number of hydrogen-bond donors (Lipinski definition) is 6. The van der Waals surface area contributed by atoms with Crippen LogP contribution < -0.4 is 16.7 Å². The molecule has 6 aromatic heterocycles. The Morgan fingerprint density at radius 1 is 0.425 bits per heavy atom. The summed E-state index contributed by atoms with van der Waals surface area (Å²) in [4.78, 5) is 139. The molecule has 10 heterocycles. The van der Waals surface area contributed by atoms with Gasteiger partial charge in [-0.2, -0.15) is 0 Å². The van der Waals surface area contributed by atoms with E-state index in [-0.39, 0.29) is 176 Å². The van der Waals surface area contributed by atoms with Crippen molar-refractivity contribution < 1.29 is 77.3 Å². The molecule has 25 nitrogen and oxygen atoms in total. The van der Waals surface area contributed by atoms with E-state index in [0.717, 1.165) is 105 Å². The van der Waals surface area contributed by atoms with E-state index in [9.17, 15) is 73.8 Å². The maximum Gasteiger partial charge on any atom is 0.343 e. The van der Waals surface area contributed by atoms with Gasteiger partial charge in [0.15, 0.2) is 17.2 Å². The number of halogens is 3. The lowest BCUT2D eigenvalue weighted by molar-refractivity contribution is -0.172. The van der Waals surface area contributed by atoms with Crippen LogP contribution in [0.5, 0.6) is 0 Å². The first kappa shape index (κ1) is 79.3. The number of ketones is 2. The first-order chi connectivity index (χ1) is 57.2. The van der Waals surface area contributed by atoms with Crippen LogP contribution >= 0.6 is 0 Å². The van der Waals surface area contributed by atoms with Crippen molar-refractivity contribution in [1.82, 2.24) is 43.4 Å². The van der Waals surface area contributed by atoms with Gasteiger partial charge in [-0.25, -0.2) is 32.9 Å². The van der Waals surface area contributed by atoms with Crippen LogP contribution in [-0.2, 0) is 109 Å². The lowest BCUT2D eigenvalue weighted by atomic mass is 9.77. The lowest BCUT2D eigenvalue weighted by Gasteiger charge is -2.36. The fourth-order valence-corrected chi connectivity index (χ4v) is 21.4. The molecule has 0 spiro atoms. The molecule has 12 aliphatic rings. The number of fused-ring (bicyclic) bond motifs is 15. The number of Topliss-reactive ketones (excluding diaryl/α,β-unsaturated/α-hetero) is 2. The molecule has 9 atom stereocenters. The Labute approximate surface area is 686 Å². The third-order valence-corrected chi connectivity index (χ3v) is 29.2. The summed E-state index contributed by atoms with van der Waals surface area (Å²) in [6.45, 7) is 10.7. The number of hydrogen-bond acceptors (Lipinski definition) is 19. The molecule has 1 unspecified atom stereocenters. The van der Waals surface area contributed by atoms with Crippen molar-refractivity contribution in [2.24, 2.45) is 17.8 Å². The number of benzene rings is 3. The number of likely N-dealkylation sites (N-methyl/N-ethyl adjacent to an activating group) is 3. The number of carbonyl (C=O) groups excluding carboxylic acids is 6. The number of aliphatic hydroxyl groups excluding tert-OH is 3. The lowest BCUT2D eigenvalue weighted by Crippen LogP contribution is -2.44. The highest BCUT2D eigenvalue weighted by Crippen LogP contribution is 2.54. The van der Waals surface area contributed by atoms with Crippen LogP contribution in [0.25, 0.3) is 66.9 Å². The maximum absolute atomic E-state index is 15.1. The van der Waals surface area contributed by atoms with Crippen LogP contribution in [-0.4, -0.2) is 149 Å². The van der Waals surface area contributed by atoms with E-state index in [2.05, 4.69) is 0 Å². The zero-order valence-corrected chi connectivity index (χ0v) is 68.3. The third-order valence-electron chi connectivity index (χ3n) is 29.2. The monoisotopic (exact) mass is 1640 g/mol. The third kappa shape index (κ3) is 11.5. The van der Waals surface area contributed by atoms with Gasteiger partial charge in [0.05, 0.1) is 94.0 Å². The van der Waals surface area contributed by atoms with Crippen molar-refractivity contribution in [2.45, 2.75) is 243 Å². The van der Waals surface area contributed by atoms with Gasteiger partial charge in [-0.05, 0) is 216 Å². The Kier molecular flexibility index (Phi) is 18.5. The minimum atomic E-state index is -1.96. The van der Waals surface area contributed by atoms with Gasteiger partial charge in [0.1, 0.15) is 53.6 Å². The number of aryl methyl sites for hydroxylation is 3. The van der Waals surface area contributed by atoms with E-state index in [1.165, 1.54) is 18.2 Å². The zero-order valence-electron chi connectivity index (χ0n) is 68.3. The van der Waals surface area contributed by atoms with E-state index >= 15 is 13.2 Å². The van der Waals surface area contributed by atoms with Gasteiger partial charge in [0.25, 0.3) is 34.4 Å². The minimum absolute atomic E-state index is 0.0143. The number of rotatable bonds is 12. The van der Waals surface area contributed by atoms with Gasteiger partial charge in [0.2, 0.25) is 0 Å². The largest absolute Gasteiger partial charge is 0.458 e. The van der Waals surface area contributed by atoms with Gasteiger partial charge < -0.3 is 63.8 Å². The van der Waals surface area contributed by atoms with Crippen LogP contribution in [0.2, 0.25) is 0 Å². The van der Waals surface area contributed by atoms with Crippen molar-refractivity contribution in [3.05, 3.63) is 185 Å². The molecular weight excluding hydrogens is 1540 g/mol. The molecule has 0 saturated heterocycles. The fourth-order valence-electron chi connectivity index (χ4n) is 21.4. The highest BCUT2D eigenvalue weighted by Gasteiger charge is 2.51. The molecule has 3 aromatic carbocycles. The Hall–Kier alpha value is -10.5. The molecule has 0 radical (unpaired) electrons. The molecular formula is C92H94F3N9O16. The van der Waals surface area contributed by atoms with E-state index in [1.54, 1.807) is 109 Å². The number of nitrogens with zero attached hydrogens (tertiary/aromatic N) is 9. The number of cyclic esters (lactones) is 1. The van der Waals surface area contributed by atoms with Gasteiger partial charge in [-0.1, -0.05) is 20.8 Å². The quantitative estimate of drug-likeness (QED) is 0.0621. The molecule has 3 amide bonds. The highest BCUT2D eigenvalue weighted by molar-refractivity contribution is 5.99. The summed E-state index contributed by atoms with van der Waals surface area (Å²) < 4.78 is 55.3. The van der Waals surface area contributed by atoms with Gasteiger partial charge in [-0.15, -0.1) is 0 Å². The molecule has 3 saturated carbocycles. The zero-order chi connectivity index (χ0) is 84.7. The average molecular weight is 1640 g/mol. The van der Waals surface area contributed by atoms with Crippen molar-refractivity contribution >= 4 is 68.0 Å². The summed E-state index contributed by atoms with van der Waals surface area (Å²) in [7, 11) is 5.10. The van der Waals surface area contributed by atoms with Gasteiger partial charge in [0, 0.05) is 113 Å². The number of pyridine rings is 6. The SMILES string of the molecule is CC[C@@]1(O)C(=O)CCc2c1cc1n(c2=O)Cc2c-1nc1cc(F)c(C)c3c1c2[C@@H](N(C)C(=O)C(O)C1CC1)CC3.CC[C@@]1(O)C(=O)CCc2c1cc1n(c2=O)Cc2c-1nc1cc(F)c(C)c3c1c2[C@@H](N(C)C(=O)[C@H](O)C1CC1)CC3.CC[C@@]1(O)C(=O)OCc2c1cc1n(c2=O)Cc2c-1nc1cc(F)c(C)c3c1c2[C@@H](N(C)C(=O)[C@@H](O)C1CC1)CC3. The first-order valence-electron chi connectivity index (χ1n) is 42.2. The minimum Gasteiger partial charge on any atom is -0.458 e. The van der Waals surface area contributed by atoms with Crippen LogP contribution in [0.4, 0.5) is 13.2 Å². The molecule has 9 aromatic rings. The number of esters is 1. The second-order valence-electron chi connectivity index (χ2n) is 35.5. The highest BCUT2D eigenvalue weighted by atomic mass is 19.1. The Balaban J connectivity index is 0.000000119. The maximum atomic E-state index is 15.1. The van der Waals surface area contributed by atoms with Crippen LogP contribution in [0.1, 0.15) is 229 Å².